The van der Waals surface area contributed by atoms with E-state index in [1.165, 1.54) is 0 Å². The van der Waals surface area contributed by atoms with Gasteiger partial charge in [-0.25, -0.2) is 4.98 Å². The molecule has 7 nitrogen and oxygen atoms in total. The minimum Gasteiger partial charge on any atom is -0.474 e. The maximum atomic E-state index is 12.2. The summed E-state index contributed by atoms with van der Waals surface area (Å²) in [4.78, 5) is 29.9. The van der Waals surface area contributed by atoms with E-state index in [1.54, 1.807) is 11.1 Å². The summed E-state index contributed by atoms with van der Waals surface area (Å²) >= 11 is 0. The fourth-order valence-corrected chi connectivity index (χ4v) is 2.51. The number of nitrogens with two attached hydrogens (primary N) is 1. The molecule has 1 aromatic heterocycles. The van der Waals surface area contributed by atoms with Gasteiger partial charge in [0.15, 0.2) is 0 Å². The van der Waals surface area contributed by atoms with Gasteiger partial charge in [0.05, 0.1) is 12.6 Å². The fourth-order valence-electron chi connectivity index (χ4n) is 2.51. The Kier molecular flexibility index (Phi) is 11.2. The van der Waals surface area contributed by atoms with Crippen LogP contribution >= 0.6 is 24.8 Å². The molecule has 0 saturated carbocycles. The predicted molar refractivity (Wildman–Crippen MR) is 105 cm³/mol. The number of likely N-dealkylation sites (tertiary alicyclic amines) is 1. The van der Waals surface area contributed by atoms with Gasteiger partial charge in [0.1, 0.15) is 6.10 Å². The largest absolute Gasteiger partial charge is 0.474 e. The molecule has 1 aliphatic heterocycles. The van der Waals surface area contributed by atoms with E-state index in [9.17, 15) is 9.59 Å². The quantitative estimate of drug-likeness (QED) is 0.743. The van der Waals surface area contributed by atoms with E-state index in [2.05, 4.69) is 10.3 Å². The molecule has 0 bridgehead atoms. The first-order chi connectivity index (χ1) is 11.5. The summed E-state index contributed by atoms with van der Waals surface area (Å²) in [6.07, 6.45) is 3.26. The minimum atomic E-state index is -0.588. The molecule has 0 spiro atoms. The Morgan fingerprint density at radius 2 is 1.96 bits per heavy atom. The number of halogens is 2. The maximum Gasteiger partial charge on any atom is 0.241 e. The molecular weight excluding hydrogens is 379 g/mol. The van der Waals surface area contributed by atoms with Gasteiger partial charge in [-0.3, -0.25) is 9.59 Å². The Hall–Kier alpha value is -1.57. The molecule has 0 aromatic carbocycles. The lowest BCUT2D eigenvalue weighted by atomic mass is 10.1. The highest BCUT2D eigenvalue weighted by atomic mass is 35.5. The fraction of sp³-hybridized carbons (Fsp3) is 0.588. The van der Waals surface area contributed by atoms with Gasteiger partial charge in [0, 0.05) is 38.2 Å². The number of hydrogen-bond donors (Lipinski definition) is 2. The molecular formula is C17H28Cl2N4O3. The van der Waals surface area contributed by atoms with Crippen molar-refractivity contribution >= 4 is 36.6 Å². The monoisotopic (exact) mass is 406 g/mol. The van der Waals surface area contributed by atoms with Gasteiger partial charge >= 0.3 is 0 Å². The zero-order chi connectivity index (χ0) is 17.5. The number of nitrogens with zero attached hydrogens (tertiary/aromatic N) is 2. The third-order valence-electron chi connectivity index (χ3n) is 4.15. The number of piperidine rings is 1. The third kappa shape index (κ3) is 7.35. The number of nitrogens with one attached hydrogen (secondary N) is 1. The number of rotatable bonds is 6. The average molecular weight is 407 g/mol. The van der Waals surface area contributed by atoms with E-state index in [0.29, 0.717) is 19.0 Å². The average Bonchev–Trinajstić information content (AvgIpc) is 2.60. The third-order valence-corrected chi connectivity index (χ3v) is 4.15. The SMILES string of the molecule is CC(C)[C@H](N)C(=O)NCC(=O)N1CCC(Oc2ccccn2)CC1.Cl.Cl. The van der Waals surface area contributed by atoms with Gasteiger partial charge in [-0.1, -0.05) is 19.9 Å². The minimum absolute atomic E-state index is 0. The zero-order valence-corrected chi connectivity index (χ0v) is 16.7. The lowest BCUT2D eigenvalue weighted by Crippen LogP contribution is -2.49. The van der Waals surface area contributed by atoms with Gasteiger partial charge in [-0.2, -0.15) is 0 Å². The van der Waals surface area contributed by atoms with Crippen molar-refractivity contribution in [2.45, 2.75) is 38.8 Å². The van der Waals surface area contributed by atoms with Crippen LogP contribution in [0.25, 0.3) is 0 Å². The first-order valence-electron chi connectivity index (χ1n) is 8.36. The first kappa shape index (κ1) is 24.4. The van der Waals surface area contributed by atoms with E-state index in [1.807, 2.05) is 32.0 Å². The molecule has 1 aliphatic rings. The van der Waals surface area contributed by atoms with Crippen molar-refractivity contribution in [3.8, 4) is 5.88 Å². The molecule has 2 heterocycles. The Balaban J connectivity index is 0.00000312. The number of hydrogen-bond acceptors (Lipinski definition) is 5. The van der Waals surface area contributed by atoms with E-state index >= 15 is 0 Å². The van der Waals surface area contributed by atoms with E-state index in [0.717, 1.165) is 12.8 Å². The van der Waals surface area contributed by atoms with Crippen LogP contribution in [-0.4, -0.2) is 53.5 Å². The first-order valence-corrected chi connectivity index (χ1v) is 8.36. The van der Waals surface area contributed by atoms with Gasteiger partial charge in [0.2, 0.25) is 17.7 Å². The Morgan fingerprint density at radius 3 is 2.50 bits per heavy atom. The van der Waals surface area contributed by atoms with Gasteiger partial charge in [-0.05, 0) is 12.0 Å². The molecule has 2 amide bonds. The van der Waals surface area contributed by atoms with Crippen LogP contribution in [0.4, 0.5) is 0 Å². The summed E-state index contributed by atoms with van der Waals surface area (Å²) in [6, 6.07) is 4.96. The van der Waals surface area contributed by atoms with Gasteiger partial charge < -0.3 is 20.7 Å². The molecule has 3 N–H and O–H groups in total. The van der Waals surface area contributed by atoms with Gasteiger partial charge in [-0.15, -0.1) is 24.8 Å². The number of ether oxygens (including phenoxy) is 1. The standard InChI is InChI=1S/C17H26N4O3.2ClH/c1-12(2)16(18)17(23)20-11-15(22)21-9-6-13(7-10-21)24-14-5-3-4-8-19-14;;/h3-5,8,12-13,16H,6-7,9-11,18H2,1-2H3,(H,20,23);2*1H/t16-;;/m0../s1. The van der Waals surface area contributed by atoms with Crippen LogP contribution in [0.15, 0.2) is 24.4 Å². The second-order valence-corrected chi connectivity index (χ2v) is 6.35. The summed E-state index contributed by atoms with van der Waals surface area (Å²) in [5.74, 6) is 0.277. The van der Waals surface area contributed by atoms with Gasteiger partial charge in [0.25, 0.3) is 0 Å². The summed E-state index contributed by atoms with van der Waals surface area (Å²) in [7, 11) is 0. The number of amides is 2. The summed E-state index contributed by atoms with van der Waals surface area (Å²) in [6.45, 7) is 4.97. The van der Waals surface area contributed by atoms with Crippen LogP contribution in [0.1, 0.15) is 26.7 Å². The molecule has 0 unspecified atom stereocenters. The number of pyridine rings is 1. The number of aromatic nitrogens is 1. The molecule has 1 aromatic rings. The van der Waals surface area contributed by atoms with Crippen molar-refractivity contribution in [1.29, 1.82) is 0 Å². The second-order valence-electron chi connectivity index (χ2n) is 6.35. The number of carbonyl (C=O) groups excluding carboxylic acids is 2. The van der Waals surface area contributed by atoms with E-state index in [4.69, 9.17) is 10.5 Å². The molecule has 148 valence electrons. The van der Waals surface area contributed by atoms with Crippen molar-refractivity contribution in [3.05, 3.63) is 24.4 Å². The van der Waals surface area contributed by atoms with Crippen LogP contribution in [-0.2, 0) is 9.59 Å². The van der Waals surface area contributed by atoms with Crippen molar-refractivity contribution in [1.82, 2.24) is 15.2 Å². The molecule has 0 aliphatic carbocycles. The Morgan fingerprint density at radius 1 is 1.31 bits per heavy atom. The lowest BCUT2D eigenvalue weighted by molar-refractivity contribution is -0.134. The highest BCUT2D eigenvalue weighted by molar-refractivity contribution is 5.87. The zero-order valence-electron chi connectivity index (χ0n) is 15.1. The lowest BCUT2D eigenvalue weighted by Gasteiger charge is -2.32. The van der Waals surface area contributed by atoms with Crippen LogP contribution in [0.2, 0.25) is 0 Å². The summed E-state index contributed by atoms with van der Waals surface area (Å²) in [5, 5.41) is 2.62. The molecule has 2 rings (SSSR count). The maximum absolute atomic E-state index is 12.2. The Labute approximate surface area is 166 Å². The highest BCUT2D eigenvalue weighted by Gasteiger charge is 2.25. The second kappa shape index (κ2) is 11.9. The van der Waals surface area contributed by atoms with Crippen molar-refractivity contribution in [2.24, 2.45) is 11.7 Å². The molecule has 1 fully saturated rings. The number of carbonyl (C=O) groups is 2. The molecule has 1 saturated heterocycles. The van der Waals surface area contributed by atoms with Crippen LogP contribution in [0.5, 0.6) is 5.88 Å². The topological polar surface area (TPSA) is 97.5 Å². The highest BCUT2D eigenvalue weighted by Crippen LogP contribution is 2.16. The normalized spacial score (nSPS) is 15.5. The van der Waals surface area contributed by atoms with Crippen LogP contribution in [0.3, 0.4) is 0 Å². The van der Waals surface area contributed by atoms with Crippen LogP contribution < -0.4 is 15.8 Å². The van der Waals surface area contributed by atoms with Crippen molar-refractivity contribution in [2.75, 3.05) is 19.6 Å². The summed E-state index contributed by atoms with van der Waals surface area (Å²) in [5.41, 5.74) is 5.76. The van der Waals surface area contributed by atoms with Crippen LogP contribution in [0, 0.1) is 5.92 Å². The smallest absolute Gasteiger partial charge is 0.241 e. The molecule has 1 atom stereocenters. The summed E-state index contributed by atoms with van der Waals surface area (Å²) < 4.78 is 5.80. The van der Waals surface area contributed by atoms with E-state index < -0.39 is 6.04 Å². The van der Waals surface area contributed by atoms with E-state index in [-0.39, 0.29) is 55.2 Å². The molecule has 9 heteroatoms. The van der Waals surface area contributed by atoms with Crippen molar-refractivity contribution in [3.63, 3.8) is 0 Å². The Bertz CT molecular complexity index is 552. The predicted octanol–water partition coefficient (Wildman–Crippen LogP) is 1.39. The van der Waals surface area contributed by atoms with Crippen molar-refractivity contribution < 1.29 is 14.3 Å². The molecule has 26 heavy (non-hydrogen) atoms. The molecule has 0 radical (unpaired) electrons.